The summed E-state index contributed by atoms with van der Waals surface area (Å²) in [6.45, 7) is 10.2. The number of halogens is 1. The number of benzene rings is 1. The number of aliphatic imine (C=N–C) groups is 1. The van der Waals surface area contributed by atoms with E-state index in [1.165, 1.54) is 30.4 Å². The highest BCUT2D eigenvalue weighted by Crippen LogP contribution is 2.11. The first-order valence-corrected chi connectivity index (χ1v) is 8.48. The monoisotopic (exact) mass is 433 g/mol. The van der Waals surface area contributed by atoms with Gasteiger partial charge in [-0.2, -0.15) is 0 Å². The molecule has 0 aromatic heterocycles. The molecule has 0 unspecified atom stereocenters. The molecule has 1 aromatic rings. The number of rotatable bonds is 10. The molecule has 23 heavy (non-hydrogen) atoms. The van der Waals surface area contributed by atoms with E-state index in [0.717, 1.165) is 25.7 Å². The van der Waals surface area contributed by atoms with Gasteiger partial charge in [-0.15, -0.1) is 24.0 Å². The Labute approximate surface area is 158 Å². The number of nitrogens with zero attached hydrogens (tertiary/aromatic N) is 1. The summed E-state index contributed by atoms with van der Waals surface area (Å²) < 4.78 is 5.53. The van der Waals surface area contributed by atoms with Crippen LogP contribution in [0, 0.1) is 0 Å². The van der Waals surface area contributed by atoms with E-state index < -0.39 is 0 Å². The van der Waals surface area contributed by atoms with Gasteiger partial charge in [-0.05, 0) is 31.4 Å². The summed E-state index contributed by atoms with van der Waals surface area (Å²) in [6.07, 6.45) is 3.67. The van der Waals surface area contributed by atoms with E-state index in [-0.39, 0.29) is 24.0 Å². The van der Waals surface area contributed by atoms with Crippen molar-refractivity contribution in [3.63, 3.8) is 0 Å². The zero-order valence-corrected chi connectivity index (χ0v) is 17.1. The summed E-state index contributed by atoms with van der Waals surface area (Å²) >= 11 is 0. The van der Waals surface area contributed by atoms with Crippen LogP contribution in [-0.4, -0.2) is 25.7 Å². The van der Waals surface area contributed by atoms with Crippen molar-refractivity contribution in [2.24, 2.45) is 4.99 Å². The first-order chi connectivity index (χ1) is 10.8. The average Bonchev–Trinajstić information content (AvgIpc) is 2.55. The number of guanidine groups is 1. The van der Waals surface area contributed by atoms with Crippen LogP contribution in [0.3, 0.4) is 0 Å². The van der Waals surface area contributed by atoms with Gasteiger partial charge in [-0.3, -0.25) is 0 Å². The Morgan fingerprint density at radius 2 is 1.78 bits per heavy atom. The SMILES string of the molecule is CCCCCNC(=NCc1ccccc1COCC)NCC.I. The Morgan fingerprint density at radius 3 is 2.43 bits per heavy atom. The van der Waals surface area contributed by atoms with Crippen molar-refractivity contribution >= 4 is 29.9 Å². The van der Waals surface area contributed by atoms with Gasteiger partial charge in [0.2, 0.25) is 0 Å². The summed E-state index contributed by atoms with van der Waals surface area (Å²) in [5, 5.41) is 6.70. The van der Waals surface area contributed by atoms with E-state index in [0.29, 0.717) is 13.2 Å². The Bertz CT molecular complexity index is 438. The number of unbranched alkanes of at least 4 members (excludes halogenated alkanes) is 2. The van der Waals surface area contributed by atoms with Crippen molar-refractivity contribution in [1.82, 2.24) is 10.6 Å². The van der Waals surface area contributed by atoms with E-state index in [2.05, 4.69) is 53.7 Å². The van der Waals surface area contributed by atoms with Gasteiger partial charge in [0.05, 0.1) is 13.2 Å². The first-order valence-electron chi connectivity index (χ1n) is 8.48. The third kappa shape index (κ3) is 9.81. The fourth-order valence-corrected chi connectivity index (χ4v) is 2.15. The fraction of sp³-hybridized carbons (Fsp3) is 0.611. The number of hydrogen-bond acceptors (Lipinski definition) is 2. The van der Waals surface area contributed by atoms with Gasteiger partial charge in [-0.25, -0.2) is 4.99 Å². The molecule has 0 atom stereocenters. The molecule has 1 aromatic carbocycles. The predicted molar refractivity (Wildman–Crippen MR) is 110 cm³/mol. The summed E-state index contributed by atoms with van der Waals surface area (Å²) in [5.41, 5.74) is 2.44. The van der Waals surface area contributed by atoms with Crippen molar-refractivity contribution in [3.05, 3.63) is 35.4 Å². The molecular formula is C18H32IN3O. The molecule has 132 valence electrons. The molecule has 0 fully saturated rings. The van der Waals surface area contributed by atoms with E-state index >= 15 is 0 Å². The van der Waals surface area contributed by atoms with Crippen molar-refractivity contribution in [1.29, 1.82) is 0 Å². The van der Waals surface area contributed by atoms with Crippen LogP contribution in [0.4, 0.5) is 0 Å². The highest BCUT2D eigenvalue weighted by molar-refractivity contribution is 14.0. The number of hydrogen-bond donors (Lipinski definition) is 2. The Morgan fingerprint density at radius 1 is 1.04 bits per heavy atom. The molecule has 5 heteroatoms. The molecule has 0 radical (unpaired) electrons. The van der Waals surface area contributed by atoms with E-state index in [9.17, 15) is 0 Å². The molecule has 0 aliphatic carbocycles. The minimum absolute atomic E-state index is 0. The first kappa shape index (κ1) is 22.2. The van der Waals surface area contributed by atoms with Crippen LogP contribution < -0.4 is 10.6 Å². The second-order valence-corrected chi connectivity index (χ2v) is 5.23. The lowest BCUT2D eigenvalue weighted by Gasteiger charge is -2.12. The average molecular weight is 433 g/mol. The van der Waals surface area contributed by atoms with Gasteiger partial charge in [0.1, 0.15) is 0 Å². The van der Waals surface area contributed by atoms with Crippen molar-refractivity contribution in [2.75, 3.05) is 19.7 Å². The number of ether oxygens (including phenoxy) is 1. The highest BCUT2D eigenvalue weighted by atomic mass is 127. The van der Waals surface area contributed by atoms with Crippen LogP contribution in [0.15, 0.2) is 29.3 Å². The van der Waals surface area contributed by atoms with Crippen molar-refractivity contribution in [3.8, 4) is 0 Å². The third-order valence-electron chi connectivity index (χ3n) is 3.40. The second-order valence-electron chi connectivity index (χ2n) is 5.23. The summed E-state index contributed by atoms with van der Waals surface area (Å²) in [4.78, 5) is 4.69. The maximum Gasteiger partial charge on any atom is 0.191 e. The maximum atomic E-state index is 5.53. The largest absolute Gasteiger partial charge is 0.377 e. The van der Waals surface area contributed by atoms with Crippen LogP contribution in [0.2, 0.25) is 0 Å². The lowest BCUT2D eigenvalue weighted by Crippen LogP contribution is -2.37. The van der Waals surface area contributed by atoms with E-state index in [1.54, 1.807) is 0 Å². The van der Waals surface area contributed by atoms with Crippen LogP contribution in [-0.2, 0) is 17.9 Å². The van der Waals surface area contributed by atoms with Gasteiger partial charge in [0.25, 0.3) is 0 Å². The highest BCUT2D eigenvalue weighted by Gasteiger charge is 2.02. The molecule has 0 amide bonds. The topological polar surface area (TPSA) is 45.7 Å². The Hall–Kier alpha value is -0.820. The smallest absolute Gasteiger partial charge is 0.191 e. The Kier molecular flexibility index (Phi) is 14.2. The summed E-state index contributed by atoms with van der Waals surface area (Å²) in [6, 6.07) is 8.35. The quantitative estimate of drug-likeness (QED) is 0.253. The molecule has 1 rings (SSSR count). The van der Waals surface area contributed by atoms with Gasteiger partial charge < -0.3 is 15.4 Å². The van der Waals surface area contributed by atoms with Crippen LogP contribution in [0.25, 0.3) is 0 Å². The van der Waals surface area contributed by atoms with Gasteiger partial charge in [-0.1, -0.05) is 44.0 Å². The minimum atomic E-state index is 0. The summed E-state index contributed by atoms with van der Waals surface area (Å²) in [7, 11) is 0. The minimum Gasteiger partial charge on any atom is -0.377 e. The van der Waals surface area contributed by atoms with Crippen LogP contribution in [0.5, 0.6) is 0 Å². The zero-order chi connectivity index (χ0) is 16.0. The van der Waals surface area contributed by atoms with Crippen molar-refractivity contribution in [2.45, 2.75) is 53.2 Å². The molecule has 0 saturated heterocycles. The normalized spacial score (nSPS) is 11.0. The predicted octanol–water partition coefficient (Wildman–Crippen LogP) is 4.09. The lowest BCUT2D eigenvalue weighted by molar-refractivity contribution is 0.133. The second kappa shape index (κ2) is 14.8. The molecule has 4 nitrogen and oxygen atoms in total. The molecule has 0 bridgehead atoms. The van der Waals surface area contributed by atoms with E-state index in [4.69, 9.17) is 4.74 Å². The molecular weight excluding hydrogens is 401 g/mol. The molecule has 0 heterocycles. The molecule has 0 saturated carbocycles. The van der Waals surface area contributed by atoms with Crippen molar-refractivity contribution < 1.29 is 4.74 Å². The van der Waals surface area contributed by atoms with Gasteiger partial charge in [0.15, 0.2) is 5.96 Å². The number of nitrogens with one attached hydrogen (secondary N) is 2. The maximum absolute atomic E-state index is 5.53. The zero-order valence-electron chi connectivity index (χ0n) is 14.7. The van der Waals surface area contributed by atoms with Crippen LogP contribution in [0.1, 0.15) is 51.2 Å². The standard InChI is InChI=1S/C18H31N3O.HI/c1-4-7-10-13-20-18(19-5-2)21-14-16-11-8-9-12-17(16)15-22-6-3;/h8-9,11-12H,4-7,10,13-15H2,1-3H3,(H2,19,20,21);1H. The Balaban J connectivity index is 0.00000484. The van der Waals surface area contributed by atoms with E-state index in [1.807, 2.05) is 6.92 Å². The fourth-order valence-electron chi connectivity index (χ4n) is 2.15. The van der Waals surface area contributed by atoms with Gasteiger partial charge in [0, 0.05) is 19.7 Å². The molecule has 0 aliphatic rings. The van der Waals surface area contributed by atoms with Crippen LogP contribution >= 0.6 is 24.0 Å². The molecule has 0 spiro atoms. The summed E-state index contributed by atoms with van der Waals surface area (Å²) in [5.74, 6) is 0.893. The lowest BCUT2D eigenvalue weighted by atomic mass is 10.1. The molecule has 2 N–H and O–H groups in total. The third-order valence-corrected chi connectivity index (χ3v) is 3.40. The van der Waals surface area contributed by atoms with Gasteiger partial charge >= 0.3 is 0 Å². The molecule has 0 aliphatic heterocycles.